The molecule has 0 unspecified atom stereocenters. The molecular formula is C25H23ClIN3O3. The van der Waals surface area contributed by atoms with E-state index in [1.807, 2.05) is 35.2 Å². The first-order chi connectivity index (χ1) is 15.9. The van der Waals surface area contributed by atoms with Gasteiger partial charge in [-0.2, -0.15) is 0 Å². The number of carbonyl (C=O) groups excluding carboxylic acids is 2. The van der Waals surface area contributed by atoms with Gasteiger partial charge in [-0.05, 0) is 89.3 Å². The average molecular weight is 576 g/mol. The molecule has 170 valence electrons. The Kier molecular flexibility index (Phi) is 7.39. The van der Waals surface area contributed by atoms with Crippen molar-refractivity contribution in [2.24, 2.45) is 0 Å². The third-order valence-corrected chi connectivity index (χ3v) is 6.57. The molecule has 0 radical (unpaired) electrons. The minimum absolute atomic E-state index is 0.0320. The van der Waals surface area contributed by atoms with Gasteiger partial charge in [0.2, 0.25) is 0 Å². The molecule has 4 rings (SSSR count). The summed E-state index contributed by atoms with van der Waals surface area (Å²) >= 11 is 8.32. The molecule has 1 N–H and O–H groups in total. The Morgan fingerprint density at radius 1 is 0.939 bits per heavy atom. The van der Waals surface area contributed by atoms with Crippen molar-refractivity contribution in [3.63, 3.8) is 0 Å². The number of anilines is 2. The van der Waals surface area contributed by atoms with Crippen molar-refractivity contribution in [3.05, 3.63) is 86.4 Å². The highest BCUT2D eigenvalue weighted by Crippen LogP contribution is 2.23. The van der Waals surface area contributed by atoms with E-state index in [9.17, 15) is 9.59 Å². The number of nitrogens with zero attached hydrogens (tertiary/aromatic N) is 2. The number of nitrogens with one attached hydrogen (secondary N) is 1. The van der Waals surface area contributed by atoms with Crippen LogP contribution in [0, 0.1) is 3.57 Å². The average Bonchev–Trinajstić information content (AvgIpc) is 2.85. The smallest absolute Gasteiger partial charge is 0.257 e. The van der Waals surface area contributed by atoms with Crippen molar-refractivity contribution >= 4 is 57.4 Å². The summed E-state index contributed by atoms with van der Waals surface area (Å²) in [5.74, 6) is 0.527. The summed E-state index contributed by atoms with van der Waals surface area (Å²) in [5, 5.41) is 3.32. The molecule has 1 aliphatic heterocycles. The number of hydrogen-bond donors (Lipinski definition) is 1. The number of hydrogen-bond acceptors (Lipinski definition) is 4. The van der Waals surface area contributed by atoms with Crippen molar-refractivity contribution < 1.29 is 14.3 Å². The van der Waals surface area contributed by atoms with E-state index < -0.39 is 0 Å². The lowest BCUT2D eigenvalue weighted by Gasteiger charge is -2.36. The molecule has 0 spiro atoms. The Labute approximate surface area is 211 Å². The van der Waals surface area contributed by atoms with Crippen LogP contribution < -0.4 is 15.0 Å². The maximum absolute atomic E-state index is 12.8. The van der Waals surface area contributed by atoms with E-state index in [2.05, 4.69) is 32.8 Å². The van der Waals surface area contributed by atoms with Gasteiger partial charge in [0, 0.05) is 46.7 Å². The highest BCUT2D eigenvalue weighted by Gasteiger charge is 2.22. The first-order valence-corrected chi connectivity index (χ1v) is 11.9. The highest BCUT2D eigenvalue weighted by atomic mass is 127. The zero-order valence-corrected chi connectivity index (χ0v) is 21.0. The third-order valence-electron chi connectivity index (χ3n) is 5.57. The molecule has 6 nitrogen and oxygen atoms in total. The summed E-state index contributed by atoms with van der Waals surface area (Å²) in [5.41, 5.74) is 2.87. The van der Waals surface area contributed by atoms with Crippen LogP contribution in [0.3, 0.4) is 0 Å². The predicted molar refractivity (Wildman–Crippen MR) is 140 cm³/mol. The van der Waals surface area contributed by atoms with E-state index in [0.717, 1.165) is 28.1 Å². The number of ether oxygens (including phenoxy) is 1. The van der Waals surface area contributed by atoms with Gasteiger partial charge in [0.25, 0.3) is 11.8 Å². The van der Waals surface area contributed by atoms with Crippen molar-refractivity contribution in [3.8, 4) is 5.75 Å². The molecule has 3 aromatic carbocycles. The van der Waals surface area contributed by atoms with E-state index in [1.165, 1.54) is 0 Å². The van der Waals surface area contributed by atoms with Gasteiger partial charge in [0.05, 0.1) is 17.7 Å². The number of carbonyl (C=O) groups is 2. The molecule has 1 fully saturated rings. The van der Waals surface area contributed by atoms with Crippen molar-refractivity contribution in [2.75, 3.05) is 43.5 Å². The Morgan fingerprint density at radius 2 is 1.61 bits per heavy atom. The second-order valence-electron chi connectivity index (χ2n) is 7.63. The van der Waals surface area contributed by atoms with E-state index in [1.54, 1.807) is 43.5 Å². The zero-order valence-electron chi connectivity index (χ0n) is 18.1. The molecule has 0 bridgehead atoms. The maximum Gasteiger partial charge on any atom is 0.257 e. The van der Waals surface area contributed by atoms with E-state index >= 15 is 0 Å². The van der Waals surface area contributed by atoms with Crippen LogP contribution in [0.2, 0.25) is 5.02 Å². The maximum atomic E-state index is 12.8. The molecule has 1 saturated heterocycles. The largest absolute Gasteiger partial charge is 0.497 e. The molecule has 33 heavy (non-hydrogen) atoms. The summed E-state index contributed by atoms with van der Waals surface area (Å²) in [6, 6.07) is 20.3. The number of benzene rings is 3. The van der Waals surface area contributed by atoms with Gasteiger partial charge in [-0.1, -0.05) is 11.6 Å². The molecule has 1 aliphatic rings. The van der Waals surface area contributed by atoms with Crippen molar-refractivity contribution in [2.45, 2.75) is 0 Å². The Bertz CT molecular complexity index is 1140. The summed E-state index contributed by atoms with van der Waals surface area (Å²) in [6.07, 6.45) is 0. The Morgan fingerprint density at radius 3 is 2.24 bits per heavy atom. The van der Waals surface area contributed by atoms with E-state index in [-0.39, 0.29) is 11.8 Å². The van der Waals surface area contributed by atoms with Crippen LogP contribution >= 0.6 is 34.2 Å². The molecular weight excluding hydrogens is 553 g/mol. The second-order valence-corrected chi connectivity index (χ2v) is 9.29. The fourth-order valence-corrected chi connectivity index (χ4v) is 4.40. The van der Waals surface area contributed by atoms with Gasteiger partial charge >= 0.3 is 0 Å². The SMILES string of the molecule is COc1ccc(C(=O)N2CCN(c3ccc(NC(=O)c4cc(I)ccc4Cl)cc3)CC2)cc1. The number of piperazine rings is 1. The molecule has 3 aromatic rings. The van der Waals surface area contributed by atoms with Crippen LogP contribution in [0.25, 0.3) is 0 Å². The van der Waals surface area contributed by atoms with Gasteiger partial charge in [-0.15, -0.1) is 0 Å². The monoisotopic (exact) mass is 575 g/mol. The van der Waals surface area contributed by atoms with Gasteiger partial charge in [0.1, 0.15) is 5.75 Å². The standard InChI is InChI=1S/C25H23ClIN3O3/c1-33-21-9-2-17(3-10-21)25(32)30-14-12-29(13-15-30)20-7-5-19(6-8-20)28-24(31)22-16-18(27)4-11-23(22)26/h2-11,16H,12-15H2,1H3,(H,28,31). The number of rotatable bonds is 5. The number of amides is 2. The van der Waals surface area contributed by atoms with Crippen LogP contribution in [0.1, 0.15) is 20.7 Å². The molecule has 0 aromatic heterocycles. The molecule has 2 amide bonds. The number of methoxy groups -OCH3 is 1. The van der Waals surface area contributed by atoms with Crippen molar-refractivity contribution in [1.29, 1.82) is 0 Å². The van der Waals surface area contributed by atoms with E-state index in [0.29, 0.717) is 34.9 Å². The number of halogens is 2. The fourth-order valence-electron chi connectivity index (χ4n) is 3.71. The lowest BCUT2D eigenvalue weighted by atomic mass is 10.1. The van der Waals surface area contributed by atoms with Gasteiger partial charge in [0.15, 0.2) is 0 Å². The van der Waals surface area contributed by atoms with Crippen LogP contribution in [0.4, 0.5) is 11.4 Å². The van der Waals surface area contributed by atoms with E-state index in [4.69, 9.17) is 16.3 Å². The van der Waals surface area contributed by atoms with Crippen LogP contribution in [0.15, 0.2) is 66.7 Å². The van der Waals surface area contributed by atoms with Gasteiger partial charge in [-0.3, -0.25) is 9.59 Å². The Balaban J connectivity index is 1.34. The first kappa shape index (κ1) is 23.4. The highest BCUT2D eigenvalue weighted by molar-refractivity contribution is 14.1. The molecule has 8 heteroatoms. The summed E-state index contributed by atoms with van der Waals surface area (Å²) in [4.78, 5) is 29.4. The van der Waals surface area contributed by atoms with Crippen LogP contribution in [-0.2, 0) is 0 Å². The molecule has 1 heterocycles. The molecule has 0 saturated carbocycles. The normalized spacial score (nSPS) is 13.5. The minimum atomic E-state index is -0.239. The zero-order chi connectivity index (χ0) is 23.4. The Hall–Kier alpha value is -2.78. The third kappa shape index (κ3) is 5.59. The predicted octanol–water partition coefficient (Wildman–Crippen LogP) is 5.17. The lowest BCUT2D eigenvalue weighted by Crippen LogP contribution is -2.48. The molecule has 0 atom stereocenters. The summed E-state index contributed by atoms with van der Waals surface area (Å²) in [6.45, 7) is 2.78. The topological polar surface area (TPSA) is 61.9 Å². The quantitative estimate of drug-likeness (QED) is 0.427. The minimum Gasteiger partial charge on any atom is -0.497 e. The first-order valence-electron chi connectivity index (χ1n) is 10.5. The van der Waals surface area contributed by atoms with Gasteiger partial charge < -0.3 is 19.9 Å². The second kappa shape index (κ2) is 10.4. The summed E-state index contributed by atoms with van der Waals surface area (Å²) < 4.78 is 6.10. The lowest BCUT2D eigenvalue weighted by molar-refractivity contribution is 0.0746. The molecule has 0 aliphatic carbocycles. The van der Waals surface area contributed by atoms with Crippen LogP contribution in [-0.4, -0.2) is 50.0 Å². The van der Waals surface area contributed by atoms with Crippen molar-refractivity contribution in [1.82, 2.24) is 4.90 Å². The summed E-state index contributed by atoms with van der Waals surface area (Å²) in [7, 11) is 1.61. The van der Waals surface area contributed by atoms with Crippen LogP contribution in [0.5, 0.6) is 5.75 Å². The fraction of sp³-hybridized carbons (Fsp3) is 0.200. The van der Waals surface area contributed by atoms with Gasteiger partial charge in [-0.25, -0.2) is 0 Å².